The third kappa shape index (κ3) is 3.48. The van der Waals surface area contributed by atoms with Crippen molar-refractivity contribution in [3.8, 4) is 0 Å². The average Bonchev–Trinajstić information content (AvgIpc) is 2.43. The Kier molecular flexibility index (Phi) is 4.03. The summed E-state index contributed by atoms with van der Waals surface area (Å²) in [6.07, 6.45) is 2.85. The lowest BCUT2D eigenvalue weighted by Crippen LogP contribution is -2.09. The Hall–Kier alpha value is -2.49. The highest BCUT2D eigenvalue weighted by Gasteiger charge is 2.08. The van der Waals surface area contributed by atoms with E-state index in [0.29, 0.717) is 0 Å². The smallest absolute Gasteiger partial charge is 0.248 e. The van der Waals surface area contributed by atoms with Crippen LogP contribution in [0.15, 0.2) is 54.6 Å². The average molecular weight is 259 g/mol. The van der Waals surface area contributed by atoms with Gasteiger partial charge in [-0.2, -0.15) is 0 Å². The van der Waals surface area contributed by atoms with E-state index in [0.717, 1.165) is 11.6 Å². The van der Waals surface area contributed by atoms with Crippen LogP contribution in [0, 0.1) is 11.6 Å². The summed E-state index contributed by atoms with van der Waals surface area (Å²) in [6, 6.07) is 12.8. The van der Waals surface area contributed by atoms with Crippen molar-refractivity contribution >= 4 is 17.7 Å². The molecule has 4 heteroatoms. The molecule has 0 heterocycles. The Balaban J connectivity index is 2.06. The zero-order valence-electron chi connectivity index (χ0n) is 9.94. The first-order valence-electron chi connectivity index (χ1n) is 5.65. The second kappa shape index (κ2) is 5.91. The van der Waals surface area contributed by atoms with Gasteiger partial charge in [0.15, 0.2) is 11.6 Å². The number of hydrogen-bond donors (Lipinski definition) is 1. The molecule has 0 atom stereocenters. The van der Waals surface area contributed by atoms with Gasteiger partial charge in [0.1, 0.15) is 0 Å². The van der Waals surface area contributed by atoms with Crippen LogP contribution >= 0.6 is 0 Å². The van der Waals surface area contributed by atoms with Crippen molar-refractivity contribution in [2.75, 3.05) is 5.32 Å². The number of carbonyl (C=O) groups excluding carboxylic acids is 1. The number of benzene rings is 2. The Morgan fingerprint density at radius 3 is 2.47 bits per heavy atom. The molecular formula is C15H11F2NO. The SMILES string of the molecule is O=C(/C=C/c1ccccc1)Nc1cccc(F)c1F. The molecule has 0 aliphatic heterocycles. The third-order valence-corrected chi connectivity index (χ3v) is 2.44. The van der Waals surface area contributed by atoms with Crippen molar-refractivity contribution in [1.82, 2.24) is 0 Å². The van der Waals surface area contributed by atoms with Crippen LogP contribution in [0.4, 0.5) is 14.5 Å². The predicted octanol–water partition coefficient (Wildman–Crippen LogP) is 3.62. The van der Waals surface area contributed by atoms with E-state index < -0.39 is 17.5 Å². The van der Waals surface area contributed by atoms with Gasteiger partial charge >= 0.3 is 0 Å². The first-order valence-corrected chi connectivity index (χ1v) is 5.65. The molecule has 0 aliphatic carbocycles. The molecule has 0 saturated carbocycles. The van der Waals surface area contributed by atoms with Crippen molar-refractivity contribution in [2.24, 2.45) is 0 Å². The number of rotatable bonds is 3. The van der Waals surface area contributed by atoms with Gasteiger partial charge in [-0.05, 0) is 23.8 Å². The molecular weight excluding hydrogens is 248 g/mol. The van der Waals surface area contributed by atoms with Gasteiger partial charge in [-0.15, -0.1) is 0 Å². The highest BCUT2D eigenvalue weighted by atomic mass is 19.2. The van der Waals surface area contributed by atoms with E-state index in [1.54, 1.807) is 6.08 Å². The molecule has 19 heavy (non-hydrogen) atoms. The van der Waals surface area contributed by atoms with Gasteiger partial charge in [-0.3, -0.25) is 4.79 Å². The van der Waals surface area contributed by atoms with E-state index in [-0.39, 0.29) is 5.69 Å². The van der Waals surface area contributed by atoms with Crippen LogP contribution in [0.25, 0.3) is 6.08 Å². The fourth-order valence-corrected chi connectivity index (χ4v) is 1.51. The number of halogens is 2. The summed E-state index contributed by atoms with van der Waals surface area (Å²) in [5.41, 5.74) is 0.667. The molecule has 0 radical (unpaired) electrons. The maximum absolute atomic E-state index is 13.3. The van der Waals surface area contributed by atoms with E-state index in [1.807, 2.05) is 30.3 Å². The van der Waals surface area contributed by atoms with Gasteiger partial charge < -0.3 is 5.32 Å². The molecule has 2 aromatic carbocycles. The summed E-state index contributed by atoms with van der Waals surface area (Å²) >= 11 is 0. The molecule has 2 aromatic rings. The Labute approximate surface area is 109 Å². The standard InChI is InChI=1S/C15H11F2NO/c16-12-7-4-8-13(15(12)17)18-14(19)10-9-11-5-2-1-3-6-11/h1-10H,(H,18,19)/b10-9+. The highest BCUT2D eigenvalue weighted by molar-refractivity contribution is 6.01. The fourth-order valence-electron chi connectivity index (χ4n) is 1.51. The topological polar surface area (TPSA) is 29.1 Å². The largest absolute Gasteiger partial charge is 0.320 e. The van der Waals surface area contributed by atoms with Crippen LogP contribution in [0.2, 0.25) is 0 Å². The van der Waals surface area contributed by atoms with Crippen molar-refractivity contribution in [3.63, 3.8) is 0 Å². The van der Waals surface area contributed by atoms with Crippen molar-refractivity contribution in [1.29, 1.82) is 0 Å². The molecule has 0 bridgehead atoms. The molecule has 0 saturated heterocycles. The molecule has 0 aliphatic rings. The minimum atomic E-state index is -1.07. The number of nitrogens with one attached hydrogen (secondary N) is 1. The first-order chi connectivity index (χ1) is 9.16. The molecule has 0 spiro atoms. The summed E-state index contributed by atoms with van der Waals surface area (Å²) in [4.78, 5) is 11.6. The van der Waals surface area contributed by atoms with Gasteiger partial charge in [-0.1, -0.05) is 36.4 Å². The summed E-state index contributed by atoms with van der Waals surface area (Å²) in [6.45, 7) is 0. The summed E-state index contributed by atoms with van der Waals surface area (Å²) in [7, 11) is 0. The summed E-state index contributed by atoms with van der Waals surface area (Å²) < 4.78 is 26.2. The molecule has 2 rings (SSSR count). The highest BCUT2D eigenvalue weighted by Crippen LogP contribution is 2.16. The first kappa shape index (κ1) is 13.0. The number of amides is 1. The third-order valence-electron chi connectivity index (χ3n) is 2.44. The maximum atomic E-state index is 13.3. The lowest BCUT2D eigenvalue weighted by atomic mass is 10.2. The molecule has 0 fully saturated rings. The van der Waals surface area contributed by atoms with Crippen LogP contribution in [-0.2, 0) is 4.79 Å². The van der Waals surface area contributed by atoms with E-state index in [1.165, 1.54) is 18.2 Å². The lowest BCUT2D eigenvalue weighted by molar-refractivity contribution is -0.111. The van der Waals surface area contributed by atoms with E-state index in [2.05, 4.69) is 5.32 Å². The van der Waals surface area contributed by atoms with Gasteiger partial charge in [0.2, 0.25) is 5.91 Å². The zero-order chi connectivity index (χ0) is 13.7. The van der Waals surface area contributed by atoms with Crippen molar-refractivity contribution < 1.29 is 13.6 Å². The second-order valence-corrected chi connectivity index (χ2v) is 3.83. The Bertz CT molecular complexity index is 609. The van der Waals surface area contributed by atoms with E-state index >= 15 is 0 Å². The van der Waals surface area contributed by atoms with E-state index in [9.17, 15) is 13.6 Å². The predicted molar refractivity (Wildman–Crippen MR) is 70.5 cm³/mol. The quantitative estimate of drug-likeness (QED) is 0.838. The van der Waals surface area contributed by atoms with Crippen LogP contribution in [0.1, 0.15) is 5.56 Å². The van der Waals surface area contributed by atoms with Crippen LogP contribution in [-0.4, -0.2) is 5.91 Å². The minimum Gasteiger partial charge on any atom is -0.320 e. The van der Waals surface area contributed by atoms with Gasteiger partial charge in [0.05, 0.1) is 5.69 Å². The summed E-state index contributed by atoms with van der Waals surface area (Å²) in [5.74, 6) is -2.58. The molecule has 96 valence electrons. The van der Waals surface area contributed by atoms with Crippen LogP contribution < -0.4 is 5.32 Å². The Morgan fingerprint density at radius 2 is 1.74 bits per heavy atom. The molecule has 2 nitrogen and oxygen atoms in total. The lowest BCUT2D eigenvalue weighted by Gasteiger charge is -2.03. The molecule has 1 N–H and O–H groups in total. The van der Waals surface area contributed by atoms with Crippen molar-refractivity contribution in [2.45, 2.75) is 0 Å². The van der Waals surface area contributed by atoms with Crippen LogP contribution in [0.5, 0.6) is 0 Å². The number of hydrogen-bond acceptors (Lipinski definition) is 1. The van der Waals surface area contributed by atoms with Gasteiger partial charge in [0.25, 0.3) is 0 Å². The van der Waals surface area contributed by atoms with Crippen LogP contribution in [0.3, 0.4) is 0 Å². The molecule has 0 aromatic heterocycles. The Morgan fingerprint density at radius 1 is 1.00 bits per heavy atom. The summed E-state index contributed by atoms with van der Waals surface area (Å²) in [5, 5.41) is 2.28. The number of anilines is 1. The van der Waals surface area contributed by atoms with Crippen molar-refractivity contribution in [3.05, 3.63) is 71.8 Å². The monoisotopic (exact) mass is 259 g/mol. The second-order valence-electron chi connectivity index (χ2n) is 3.83. The van der Waals surface area contributed by atoms with Gasteiger partial charge in [0, 0.05) is 6.08 Å². The van der Waals surface area contributed by atoms with Gasteiger partial charge in [-0.25, -0.2) is 8.78 Å². The van der Waals surface area contributed by atoms with E-state index in [4.69, 9.17) is 0 Å². The molecule has 1 amide bonds. The zero-order valence-corrected chi connectivity index (χ0v) is 9.94. The minimum absolute atomic E-state index is 0.178. The maximum Gasteiger partial charge on any atom is 0.248 e. The molecule has 0 unspecified atom stereocenters. The normalized spacial score (nSPS) is 10.6. The number of carbonyl (C=O) groups is 1. The fraction of sp³-hybridized carbons (Fsp3) is 0.